The van der Waals surface area contributed by atoms with Gasteiger partial charge in [-0.05, 0) is 59.0 Å². The Kier molecular flexibility index (Phi) is 7.15. The molecule has 7 nitrogen and oxygen atoms in total. The van der Waals surface area contributed by atoms with Gasteiger partial charge >= 0.3 is 0 Å². The lowest BCUT2D eigenvalue weighted by Gasteiger charge is -2.45. The van der Waals surface area contributed by atoms with Crippen LogP contribution in [0.5, 0.6) is 0 Å². The number of aromatic nitrogens is 2. The summed E-state index contributed by atoms with van der Waals surface area (Å²) in [6.07, 6.45) is 1.40. The summed E-state index contributed by atoms with van der Waals surface area (Å²) in [5.41, 5.74) is 4.70. The van der Waals surface area contributed by atoms with Crippen LogP contribution in [0.4, 0.5) is 5.69 Å². The molecular weight excluding hydrogens is 566 g/mol. The van der Waals surface area contributed by atoms with Crippen LogP contribution in [0.15, 0.2) is 94.2 Å². The van der Waals surface area contributed by atoms with Gasteiger partial charge in [-0.3, -0.25) is 24.3 Å². The summed E-state index contributed by atoms with van der Waals surface area (Å²) < 4.78 is 2.37. The van der Waals surface area contributed by atoms with E-state index in [1.807, 2.05) is 53.0 Å². The maximum absolute atomic E-state index is 14.3. The fraction of sp³-hybridized carbons (Fsp3) is 0.312. The van der Waals surface area contributed by atoms with Gasteiger partial charge in [0.1, 0.15) is 10.0 Å². The van der Waals surface area contributed by atoms with Gasteiger partial charge in [-0.1, -0.05) is 78.4 Å². The fourth-order valence-electron chi connectivity index (χ4n) is 6.39. The van der Waals surface area contributed by atoms with Crippen LogP contribution in [0.2, 0.25) is 0 Å². The zero-order chi connectivity index (χ0) is 27.9. The van der Waals surface area contributed by atoms with E-state index in [0.717, 1.165) is 35.6 Å². The molecular formula is C32H34BrN5O2. The summed E-state index contributed by atoms with van der Waals surface area (Å²) in [5.74, 6) is 0.197. The third kappa shape index (κ3) is 4.69. The number of piperidine rings is 1. The lowest BCUT2D eigenvalue weighted by Crippen LogP contribution is -2.57. The molecule has 3 aromatic carbocycles. The first-order valence-electron chi connectivity index (χ1n) is 13.8. The number of amides is 1. The van der Waals surface area contributed by atoms with Gasteiger partial charge in [0.15, 0.2) is 0 Å². The second-order valence-corrected chi connectivity index (χ2v) is 11.8. The molecule has 0 radical (unpaired) electrons. The maximum atomic E-state index is 14.3. The van der Waals surface area contributed by atoms with E-state index in [4.69, 9.17) is 0 Å². The van der Waals surface area contributed by atoms with Crippen molar-refractivity contribution in [2.45, 2.75) is 37.9 Å². The van der Waals surface area contributed by atoms with E-state index < -0.39 is 5.54 Å². The molecule has 206 valence electrons. The smallest absolute Gasteiger partial charge is 0.278 e. The number of nitrogens with one attached hydrogen (secondary N) is 1. The van der Waals surface area contributed by atoms with E-state index >= 15 is 0 Å². The quantitative estimate of drug-likeness (QED) is 0.330. The van der Waals surface area contributed by atoms with Crippen molar-refractivity contribution >= 4 is 27.5 Å². The van der Waals surface area contributed by atoms with Gasteiger partial charge in [0.05, 0.1) is 18.4 Å². The Morgan fingerprint density at radius 3 is 2.12 bits per heavy atom. The van der Waals surface area contributed by atoms with Crippen LogP contribution in [-0.4, -0.2) is 50.8 Å². The van der Waals surface area contributed by atoms with Crippen molar-refractivity contribution < 1.29 is 4.79 Å². The summed E-state index contributed by atoms with van der Waals surface area (Å²) in [4.78, 5) is 33.5. The lowest BCUT2D eigenvalue weighted by atomic mass is 9.84. The highest BCUT2D eigenvalue weighted by molar-refractivity contribution is 9.10. The summed E-state index contributed by atoms with van der Waals surface area (Å²) in [6, 6.07) is 28.9. The fourth-order valence-corrected chi connectivity index (χ4v) is 6.97. The Hall–Kier alpha value is -3.62. The third-order valence-electron chi connectivity index (χ3n) is 8.50. The van der Waals surface area contributed by atoms with Gasteiger partial charge < -0.3 is 9.80 Å². The summed E-state index contributed by atoms with van der Waals surface area (Å²) in [6.45, 7) is 4.69. The zero-order valence-corrected chi connectivity index (χ0v) is 24.5. The summed E-state index contributed by atoms with van der Waals surface area (Å²) >= 11 is 3.56. The molecule has 1 amide bonds. The van der Waals surface area contributed by atoms with Crippen molar-refractivity contribution in [3.05, 3.63) is 122 Å². The summed E-state index contributed by atoms with van der Waals surface area (Å²) in [7, 11) is 1.88. The van der Waals surface area contributed by atoms with E-state index in [1.54, 1.807) is 0 Å². The van der Waals surface area contributed by atoms with Crippen molar-refractivity contribution in [1.29, 1.82) is 0 Å². The Labute approximate surface area is 243 Å². The summed E-state index contributed by atoms with van der Waals surface area (Å²) in [5, 5.41) is 2.90. The highest BCUT2D eigenvalue weighted by Gasteiger charge is 2.54. The molecule has 6 rings (SSSR count). The molecule has 3 heterocycles. The molecule has 0 bridgehead atoms. The van der Waals surface area contributed by atoms with Crippen molar-refractivity contribution in [3.8, 4) is 0 Å². The number of halogens is 1. The number of anilines is 1. The molecule has 1 spiro atoms. The van der Waals surface area contributed by atoms with Crippen molar-refractivity contribution in [2.24, 2.45) is 7.05 Å². The highest BCUT2D eigenvalue weighted by atomic mass is 79.9. The van der Waals surface area contributed by atoms with E-state index in [2.05, 4.69) is 86.3 Å². The third-order valence-corrected chi connectivity index (χ3v) is 9.26. The normalized spacial score (nSPS) is 18.0. The molecule has 2 saturated heterocycles. The van der Waals surface area contributed by atoms with Crippen molar-refractivity contribution in [1.82, 2.24) is 19.6 Å². The number of hydrogen-bond acceptors (Lipinski definition) is 4. The predicted molar refractivity (Wildman–Crippen MR) is 161 cm³/mol. The van der Waals surface area contributed by atoms with Crippen molar-refractivity contribution in [3.63, 3.8) is 0 Å². The predicted octanol–water partition coefficient (Wildman–Crippen LogP) is 5.21. The van der Waals surface area contributed by atoms with Gasteiger partial charge in [-0.25, -0.2) is 0 Å². The molecule has 0 saturated carbocycles. The standard InChI is InChI=1S/C32H34BrN5O2/c1-23-13-15-24(16-14-23)21-37-22-38(26-11-7-4-8-12-26)32(31(37)40)17-19-36(20-18-32)28(25-9-5-3-6-10-25)29-27(33)30(39)34-35(29)2/h3-16,28H,17-22H2,1-2H3,(H,34,39). The molecule has 8 heteroatoms. The topological polar surface area (TPSA) is 64.6 Å². The van der Waals surface area contributed by atoms with Crippen LogP contribution in [-0.2, 0) is 18.4 Å². The Balaban J connectivity index is 1.32. The molecule has 1 atom stereocenters. The first-order chi connectivity index (χ1) is 19.4. The second kappa shape index (κ2) is 10.7. The van der Waals surface area contributed by atoms with Crippen molar-refractivity contribution in [2.75, 3.05) is 24.7 Å². The largest absolute Gasteiger partial charge is 0.339 e. The van der Waals surface area contributed by atoms with Crippen LogP contribution < -0.4 is 10.5 Å². The average molecular weight is 601 g/mol. The molecule has 4 aromatic rings. The molecule has 2 aliphatic heterocycles. The number of likely N-dealkylation sites (tertiary alicyclic amines) is 1. The Morgan fingerprint density at radius 2 is 1.52 bits per heavy atom. The van der Waals surface area contributed by atoms with E-state index in [0.29, 0.717) is 30.5 Å². The van der Waals surface area contributed by atoms with Gasteiger partial charge in [0.25, 0.3) is 5.56 Å². The minimum absolute atomic E-state index is 0.123. The number of carbonyl (C=O) groups is 1. The average Bonchev–Trinajstić information content (AvgIpc) is 3.38. The van der Waals surface area contributed by atoms with Crippen LogP contribution in [0, 0.1) is 6.92 Å². The van der Waals surface area contributed by atoms with Crippen LogP contribution in [0.1, 0.15) is 41.3 Å². The molecule has 1 unspecified atom stereocenters. The molecule has 2 aliphatic rings. The van der Waals surface area contributed by atoms with Crippen LogP contribution >= 0.6 is 15.9 Å². The van der Waals surface area contributed by atoms with Gasteiger partial charge in [-0.2, -0.15) is 0 Å². The van der Waals surface area contributed by atoms with E-state index in [9.17, 15) is 9.59 Å². The Bertz CT molecular complexity index is 1540. The number of carbonyl (C=O) groups excluding carboxylic acids is 1. The van der Waals surface area contributed by atoms with Crippen LogP contribution in [0.25, 0.3) is 0 Å². The van der Waals surface area contributed by atoms with E-state index in [1.165, 1.54) is 5.56 Å². The number of nitrogens with zero attached hydrogens (tertiary/aromatic N) is 4. The molecule has 1 aromatic heterocycles. The minimum Gasteiger partial charge on any atom is -0.339 e. The number of para-hydroxylation sites is 1. The second-order valence-electron chi connectivity index (χ2n) is 11.0. The number of benzene rings is 3. The maximum Gasteiger partial charge on any atom is 0.278 e. The van der Waals surface area contributed by atoms with Gasteiger partial charge in [0.2, 0.25) is 5.91 Å². The molecule has 40 heavy (non-hydrogen) atoms. The minimum atomic E-state index is -0.606. The zero-order valence-electron chi connectivity index (χ0n) is 22.9. The Morgan fingerprint density at radius 1 is 0.900 bits per heavy atom. The van der Waals surface area contributed by atoms with Gasteiger partial charge in [-0.15, -0.1) is 0 Å². The number of aryl methyl sites for hydroxylation is 2. The number of aromatic amines is 1. The van der Waals surface area contributed by atoms with Gasteiger partial charge in [0, 0.05) is 32.4 Å². The van der Waals surface area contributed by atoms with E-state index in [-0.39, 0.29) is 17.5 Å². The first kappa shape index (κ1) is 26.6. The highest BCUT2D eigenvalue weighted by Crippen LogP contribution is 2.43. The number of hydrogen-bond donors (Lipinski definition) is 1. The lowest BCUT2D eigenvalue weighted by molar-refractivity contribution is -0.134. The molecule has 0 aliphatic carbocycles. The first-order valence-corrected chi connectivity index (χ1v) is 14.6. The monoisotopic (exact) mass is 599 g/mol. The molecule has 2 fully saturated rings. The number of H-pyrrole nitrogens is 1. The number of rotatable bonds is 6. The SMILES string of the molecule is Cc1ccc(CN2CN(c3ccccc3)C3(CCN(C(c4ccccc4)c4c(Br)c(=O)[nH]n4C)CC3)C2=O)cc1. The molecule has 1 N–H and O–H groups in total. The van der Waals surface area contributed by atoms with Crippen LogP contribution in [0.3, 0.4) is 0 Å².